The van der Waals surface area contributed by atoms with Crippen LogP contribution >= 0.6 is 15.9 Å². The van der Waals surface area contributed by atoms with Gasteiger partial charge in [0.15, 0.2) is 0 Å². The summed E-state index contributed by atoms with van der Waals surface area (Å²) in [7, 11) is 0. The van der Waals surface area contributed by atoms with Crippen molar-refractivity contribution in [1.29, 1.82) is 0 Å². The lowest BCUT2D eigenvalue weighted by atomic mass is 10.1. The molecule has 2 nitrogen and oxygen atoms in total. The van der Waals surface area contributed by atoms with Gasteiger partial charge in [-0.1, -0.05) is 34.6 Å². The molecule has 0 fully saturated rings. The fraction of sp³-hybridized carbons (Fsp3) is 0.273. The van der Waals surface area contributed by atoms with Crippen molar-refractivity contribution in [3.63, 3.8) is 0 Å². The maximum Gasteiger partial charge on any atom is 0.123 e. The van der Waals surface area contributed by atoms with E-state index in [0.29, 0.717) is 18.7 Å². The van der Waals surface area contributed by atoms with Gasteiger partial charge in [-0.3, -0.25) is 0 Å². The number of benzene rings is 1. The Kier molecular flexibility index (Phi) is 4.94. The van der Waals surface area contributed by atoms with Gasteiger partial charge in [0, 0.05) is 17.6 Å². The second-order valence-electron chi connectivity index (χ2n) is 3.22. The van der Waals surface area contributed by atoms with Crippen molar-refractivity contribution in [3.8, 4) is 0 Å². The van der Waals surface area contributed by atoms with E-state index in [9.17, 15) is 9.50 Å². The largest absolute Gasteiger partial charge is 0.387 e. The van der Waals surface area contributed by atoms with Gasteiger partial charge in [-0.05, 0) is 17.7 Å². The predicted octanol–water partition coefficient (Wildman–Crippen LogP) is 2.36. The van der Waals surface area contributed by atoms with Gasteiger partial charge < -0.3 is 10.4 Å². The third kappa shape index (κ3) is 4.55. The number of hydrogen-bond acceptors (Lipinski definition) is 2. The molecule has 4 heteroatoms. The Bertz CT molecular complexity index is 343. The highest BCUT2D eigenvalue weighted by atomic mass is 79.9. The third-order valence-corrected chi connectivity index (χ3v) is 2.17. The standard InChI is InChI=1S/C11H13BrFNO/c1-8(12)6-14-7-11(15)9-3-2-4-10(13)5-9/h2-5,11,14-15H,1,6-7H2. The molecule has 1 atom stereocenters. The lowest BCUT2D eigenvalue weighted by molar-refractivity contribution is 0.176. The maximum atomic E-state index is 12.8. The minimum atomic E-state index is -0.701. The summed E-state index contributed by atoms with van der Waals surface area (Å²) >= 11 is 3.19. The number of aliphatic hydroxyl groups excluding tert-OH is 1. The third-order valence-electron chi connectivity index (χ3n) is 1.89. The van der Waals surface area contributed by atoms with Crippen molar-refractivity contribution < 1.29 is 9.50 Å². The highest BCUT2D eigenvalue weighted by molar-refractivity contribution is 9.11. The van der Waals surface area contributed by atoms with Gasteiger partial charge in [0.1, 0.15) is 5.82 Å². The van der Waals surface area contributed by atoms with Gasteiger partial charge in [-0.15, -0.1) is 0 Å². The van der Waals surface area contributed by atoms with E-state index in [1.807, 2.05) is 0 Å². The lowest BCUT2D eigenvalue weighted by Crippen LogP contribution is -2.22. The summed E-state index contributed by atoms with van der Waals surface area (Å²) in [6, 6.07) is 5.95. The summed E-state index contributed by atoms with van der Waals surface area (Å²) in [5.41, 5.74) is 0.572. The Morgan fingerprint density at radius 1 is 1.60 bits per heavy atom. The molecule has 0 saturated carbocycles. The van der Waals surface area contributed by atoms with Crippen molar-refractivity contribution in [2.24, 2.45) is 0 Å². The Morgan fingerprint density at radius 3 is 2.93 bits per heavy atom. The van der Waals surface area contributed by atoms with Crippen LogP contribution in [0.2, 0.25) is 0 Å². The smallest absolute Gasteiger partial charge is 0.123 e. The molecule has 82 valence electrons. The summed E-state index contributed by atoms with van der Waals surface area (Å²) in [5.74, 6) is -0.337. The fourth-order valence-electron chi connectivity index (χ4n) is 1.18. The molecule has 0 aliphatic carbocycles. The van der Waals surface area contributed by atoms with Crippen LogP contribution in [0.3, 0.4) is 0 Å². The van der Waals surface area contributed by atoms with Crippen LogP contribution in [0.4, 0.5) is 4.39 Å². The first-order valence-corrected chi connectivity index (χ1v) is 5.36. The summed E-state index contributed by atoms with van der Waals surface area (Å²) in [5, 5.41) is 12.7. The van der Waals surface area contributed by atoms with E-state index in [2.05, 4.69) is 27.8 Å². The predicted molar refractivity (Wildman–Crippen MR) is 62.3 cm³/mol. The Labute approximate surface area is 96.9 Å². The number of halogens is 2. The van der Waals surface area contributed by atoms with Crippen LogP contribution in [-0.2, 0) is 0 Å². The molecule has 0 saturated heterocycles. The van der Waals surface area contributed by atoms with Crippen LogP contribution < -0.4 is 5.32 Å². The van der Waals surface area contributed by atoms with Crippen molar-refractivity contribution in [2.75, 3.05) is 13.1 Å². The molecule has 0 heterocycles. The van der Waals surface area contributed by atoms with Crippen molar-refractivity contribution in [3.05, 3.63) is 46.7 Å². The first-order valence-electron chi connectivity index (χ1n) is 4.57. The van der Waals surface area contributed by atoms with Crippen LogP contribution in [0.1, 0.15) is 11.7 Å². The molecule has 1 aromatic rings. The van der Waals surface area contributed by atoms with E-state index in [1.54, 1.807) is 12.1 Å². The average Bonchev–Trinajstić information content (AvgIpc) is 2.17. The zero-order valence-electron chi connectivity index (χ0n) is 8.21. The molecule has 0 aliphatic rings. The van der Waals surface area contributed by atoms with Crippen LogP contribution in [0.25, 0.3) is 0 Å². The first-order chi connectivity index (χ1) is 7.09. The van der Waals surface area contributed by atoms with Gasteiger partial charge >= 0.3 is 0 Å². The van der Waals surface area contributed by atoms with Gasteiger partial charge in [0.2, 0.25) is 0 Å². The van der Waals surface area contributed by atoms with Crippen LogP contribution in [0.5, 0.6) is 0 Å². The number of aliphatic hydroxyl groups is 1. The molecule has 1 unspecified atom stereocenters. The topological polar surface area (TPSA) is 32.3 Å². The Hall–Kier alpha value is -0.710. The molecule has 0 aliphatic heterocycles. The molecule has 1 aromatic carbocycles. The van der Waals surface area contributed by atoms with Gasteiger partial charge in [-0.2, -0.15) is 0 Å². The maximum absolute atomic E-state index is 12.8. The summed E-state index contributed by atoms with van der Waals surface area (Å²) < 4.78 is 13.6. The second-order valence-corrected chi connectivity index (χ2v) is 4.34. The number of hydrogen-bond donors (Lipinski definition) is 2. The summed E-state index contributed by atoms with van der Waals surface area (Å²) in [6.07, 6.45) is -0.701. The molecule has 0 bridgehead atoms. The van der Waals surface area contributed by atoms with E-state index in [0.717, 1.165) is 4.48 Å². The van der Waals surface area contributed by atoms with E-state index < -0.39 is 6.10 Å². The Morgan fingerprint density at radius 2 is 2.33 bits per heavy atom. The monoisotopic (exact) mass is 273 g/mol. The van der Waals surface area contributed by atoms with E-state index in [1.165, 1.54) is 12.1 Å². The molecule has 0 aromatic heterocycles. The zero-order valence-corrected chi connectivity index (χ0v) is 9.80. The second kappa shape index (κ2) is 6.00. The van der Waals surface area contributed by atoms with Crippen LogP contribution in [0.15, 0.2) is 35.3 Å². The summed E-state index contributed by atoms with van der Waals surface area (Å²) in [6.45, 7) is 4.60. The van der Waals surface area contributed by atoms with E-state index in [4.69, 9.17) is 0 Å². The number of nitrogens with one attached hydrogen (secondary N) is 1. The SMILES string of the molecule is C=C(Br)CNCC(O)c1cccc(F)c1. The van der Waals surface area contributed by atoms with Crippen molar-refractivity contribution in [2.45, 2.75) is 6.10 Å². The Balaban J connectivity index is 2.46. The van der Waals surface area contributed by atoms with Crippen molar-refractivity contribution in [1.82, 2.24) is 5.32 Å². The fourth-order valence-corrected chi connectivity index (χ4v) is 1.37. The molecule has 0 radical (unpaired) electrons. The highest BCUT2D eigenvalue weighted by Crippen LogP contribution is 2.13. The zero-order chi connectivity index (χ0) is 11.3. The minimum absolute atomic E-state index is 0.337. The molecular weight excluding hydrogens is 261 g/mol. The van der Waals surface area contributed by atoms with Gasteiger partial charge in [-0.25, -0.2) is 4.39 Å². The first kappa shape index (κ1) is 12.4. The quantitative estimate of drug-likeness (QED) is 0.864. The van der Waals surface area contributed by atoms with Crippen LogP contribution in [-0.4, -0.2) is 18.2 Å². The van der Waals surface area contributed by atoms with Gasteiger partial charge in [0.25, 0.3) is 0 Å². The van der Waals surface area contributed by atoms with Gasteiger partial charge in [0.05, 0.1) is 6.10 Å². The number of rotatable bonds is 5. The molecule has 0 amide bonds. The average molecular weight is 274 g/mol. The molecule has 15 heavy (non-hydrogen) atoms. The normalized spacial score (nSPS) is 12.5. The minimum Gasteiger partial charge on any atom is -0.387 e. The van der Waals surface area contributed by atoms with Crippen LogP contribution in [0, 0.1) is 5.82 Å². The molecule has 0 spiro atoms. The van der Waals surface area contributed by atoms with Crippen molar-refractivity contribution >= 4 is 15.9 Å². The summed E-state index contributed by atoms with van der Waals surface area (Å²) in [4.78, 5) is 0. The lowest BCUT2D eigenvalue weighted by Gasteiger charge is -2.11. The van der Waals surface area contributed by atoms with E-state index >= 15 is 0 Å². The van der Waals surface area contributed by atoms with E-state index in [-0.39, 0.29) is 5.82 Å². The molecule has 2 N–H and O–H groups in total. The highest BCUT2D eigenvalue weighted by Gasteiger charge is 2.07. The molecular formula is C11H13BrFNO. The molecule has 1 rings (SSSR count).